The first-order chi connectivity index (χ1) is 7.48. The van der Waals surface area contributed by atoms with E-state index in [1.807, 2.05) is 0 Å². The van der Waals surface area contributed by atoms with Gasteiger partial charge in [0.05, 0.1) is 5.56 Å². The molecule has 1 aromatic rings. The van der Waals surface area contributed by atoms with Crippen molar-refractivity contribution in [1.82, 2.24) is 0 Å². The maximum Gasteiger partial charge on any atom is 0.416 e. The minimum Gasteiger partial charge on any atom is -0.305 e. The van der Waals surface area contributed by atoms with Crippen molar-refractivity contribution >= 4 is 11.6 Å². The summed E-state index contributed by atoms with van der Waals surface area (Å²) in [7, 11) is 0. The number of halogens is 3. The molecular formula is C11H8F3NO. The molecule has 1 aliphatic rings. The van der Waals surface area contributed by atoms with Gasteiger partial charge in [-0.2, -0.15) is 13.2 Å². The number of alkyl halides is 3. The number of rotatable bonds is 1. The number of carbonyl (C=O) groups is 1. The van der Waals surface area contributed by atoms with E-state index in [0.717, 1.165) is 12.1 Å². The van der Waals surface area contributed by atoms with Crippen LogP contribution in [0.4, 0.5) is 18.9 Å². The van der Waals surface area contributed by atoms with E-state index in [1.165, 1.54) is 23.1 Å². The zero-order chi connectivity index (χ0) is 11.8. The molecule has 0 aromatic heterocycles. The van der Waals surface area contributed by atoms with Gasteiger partial charge in [0.1, 0.15) is 0 Å². The van der Waals surface area contributed by atoms with Crippen LogP contribution in [0.25, 0.3) is 0 Å². The molecule has 0 unspecified atom stereocenters. The van der Waals surface area contributed by atoms with E-state index in [9.17, 15) is 18.0 Å². The average molecular weight is 227 g/mol. The fourth-order valence-electron chi connectivity index (χ4n) is 1.50. The molecule has 1 aliphatic heterocycles. The summed E-state index contributed by atoms with van der Waals surface area (Å²) in [6, 6.07) is 4.54. The first-order valence-corrected chi connectivity index (χ1v) is 4.64. The van der Waals surface area contributed by atoms with Crippen molar-refractivity contribution in [2.24, 2.45) is 0 Å². The predicted octanol–water partition coefficient (Wildman–Crippen LogP) is 2.61. The van der Waals surface area contributed by atoms with E-state index >= 15 is 0 Å². The van der Waals surface area contributed by atoms with E-state index in [-0.39, 0.29) is 5.91 Å². The van der Waals surface area contributed by atoms with E-state index in [1.54, 1.807) is 6.08 Å². The molecule has 16 heavy (non-hydrogen) atoms. The third-order valence-corrected chi connectivity index (χ3v) is 2.32. The van der Waals surface area contributed by atoms with Gasteiger partial charge in [0.15, 0.2) is 0 Å². The molecule has 0 N–H and O–H groups in total. The number of carbonyl (C=O) groups excluding carboxylic acids is 1. The van der Waals surface area contributed by atoms with Crippen LogP contribution >= 0.6 is 0 Å². The van der Waals surface area contributed by atoms with Crippen LogP contribution in [0.3, 0.4) is 0 Å². The zero-order valence-corrected chi connectivity index (χ0v) is 8.16. The Morgan fingerprint density at radius 1 is 1.12 bits per heavy atom. The average Bonchev–Trinajstić information content (AvgIpc) is 2.63. The molecule has 0 aliphatic carbocycles. The second kappa shape index (κ2) is 3.66. The summed E-state index contributed by atoms with van der Waals surface area (Å²) >= 11 is 0. The first-order valence-electron chi connectivity index (χ1n) is 4.64. The number of hydrogen-bond donors (Lipinski definition) is 0. The van der Waals surface area contributed by atoms with E-state index in [2.05, 4.69) is 0 Å². The highest BCUT2D eigenvalue weighted by molar-refractivity contribution is 6.04. The number of hydrogen-bond acceptors (Lipinski definition) is 1. The van der Waals surface area contributed by atoms with Crippen molar-refractivity contribution < 1.29 is 18.0 Å². The summed E-state index contributed by atoms with van der Waals surface area (Å²) in [5.74, 6) is -0.209. The fourth-order valence-corrected chi connectivity index (χ4v) is 1.50. The summed E-state index contributed by atoms with van der Waals surface area (Å²) < 4.78 is 36.8. The molecule has 0 saturated heterocycles. The Morgan fingerprint density at radius 2 is 1.75 bits per heavy atom. The lowest BCUT2D eigenvalue weighted by atomic mass is 10.2. The minimum absolute atomic E-state index is 0.209. The van der Waals surface area contributed by atoms with Crippen molar-refractivity contribution in [2.75, 3.05) is 11.4 Å². The Labute approximate surface area is 90.0 Å². The minimum atomic E-state index is -4.34. The highest BCUT2D eigenvalue weighted by atomic mass is 19.4. The number of nitrogens with zero attached hydrogens (tertiary/aromatic N) is 1. The van der Waals surface area contributed by atoms with Crippen molar-refractivity contribution in [3.63, 3.8) is 0 Å². The summed E-state index contributed by atoms with van der Waals surface area (Å²) in [4.78, 5) is 12.7. The lowest BCUT2D eigenvalue weighted by Crippen LogP contribution is -2.24. The Hall–Kier alpha value is -1.78. The molecule has 0 bridgehead atoms. The van der Waals surface area contributed by atoms with Crippen LogP contribution in [-0.2, 0) is 11.0 Å². The quantitative estimate of drug-likeness (QED) is 0.722. The smallest absolute Gasteiger partial charge is 0.305 e. The van der Waals surface area contributed by atoms with Gasteiger partial charge >= 0.3 is 6.18 Å². The third-order valence-electron chi connectivity index (χ3n) is 2.32. The van der Waals surface area contributed by atoms with Gasteiger partial charge in [-0.15, -0.1) is 0 Å². The monoisotopic (exact) mass is 227 g/mol. The number of benzene rings is 1. The van der Waals surface area contributed by atoms with Crippen LogP contribution in [0.15, 0.2) is 36.4 Å². The molecule has 1 amide bonds. The van der Waals surface area contributed by atoms with E-state index in [4.69, 9.17) is 0 Å². The third kappa shape index (κ3) is 1.93. The van der Waals surface area contributed by atoms with Crippen molar-refractivity contribution in [3.05, 3.63) is 42.0 Å². The second-order valence-electron chi connectivity index (χ2n) is 3.40. The Bertz CT molecular complexity index is 434. The van der Waals surface area contributed by atoms with Crippen LogP contribution in [0, 0.1) is 0 Å². The lowest BCUT2D eigenvalue weighted by Gasteiger charge is -2.16. The van der Waals surface area contributed by atoms with Crippen LogP contribution in [-0.4, -0.2) is 12.5 Å². The van der Waals surface area contributed by atoms with Gasteiger partial charge in [-0.1, -0.05) is 6.08 Å². The predicted molar refractivity (Wildman–Crippen MR) is 52.9 cm³/mol. The maximum atomic E-state index is 12.3. The molecule has 1 heterocycles. The van der Waals surface area contributed by atoms with Gasteiger partial charge in [0, 0.05) is 18.3 Å². The normalized spacial score (nSPS) is 15.9. The topological polar surface area (TPSA) is 20.3 Å². The summed E-state index contributed by atoms with van der Waals surface area (Å²) in [5, 5.41) is 0. The van der Waals surface area contributed by atoms with Crippen molar-refractivity contribution in [3.8, 4) is 0 Å². The Kier molecular flexibility index (Phi) is 2.46. The molecule has 0 atom stereocenters. The molecular weight excluding hydrogens is 219 g/mol. The van der Waals surface area contributed by atoms with Crippen LogP contribution in [0.2, 0.25) is 0 Å². The summed E-state index contributed by atoms with van der Waals surface area (Å²) in [5.41, 5.74) is -0.237. The number of amides is 1. The molecule has 1 aromatic carbocycles. The first kappa shape index (κ1) is 10.7. The van der Waals surface area contributed by atoms with Gasteiger partial charge in [-0.05, 0) is 24.3 Å². The number of anilines is 1. The van der Waals surface area contributed by atoms with Crippen molar-refractivity contribution in [1.29, 1.82) is 0 Å². The molecule has 0 fully saturated rings. The molecule has 5 heteroatoms. The molecule has 0 saturated carbocycles. The molecule has 0 radical (unpaired) electrons. The second-order valence-corrected chi connectivity index (χ2v) is 3.40. The van der Waals surface area contributed by atoms with Gasteiger partial charge in [0.25, 0.3) is 5.91 Å². The Balaban J connectivity index is 2.23. The maximum absolute atomic E-state index is 12.3. The van der Waals surface area contributed by atoms with Crippen LogP contribution in [0.1, 0.15) is 5.56 Å². The molecule has 2 rings (SSSR count). The molecule has 84 valence electrons. The van der Waals surface area contributed by atoms with E-state index < -0.39 is 11.7 Å². The Morgan fingerprint density at radius 3 is 2.19 bits per heavy atom. The van der Waals surface area contributed by atoms with E-state index in [0.29, 0.717) is 12.2 Å². The lowest BCUT2D eigenvalue weighted by molar-refractivity contribution is -0.137. The zero-order valence-electron chi connectivity index (χ0n) is 8.16. The van der Waals surface area contributed by atoms with Gasteiger partial charge in [-0.25, -0.2) is 0 Å². The fraction of sp³-hybridized carbons (Fsp3) is 0.182. The SMILES string of the molecule is O=C1C=CCN1c1ccc(C(F)(F)F)cc1. The molecule has 0 spiro atoms. The highest BCUT2D eigenvalue weighted by Gasteiger charge is 2.30. The van der Waals surface area contributed by atoms with Gasteiger partial charge in [0.2, 0.25) is 0 Å². The summed E-state index contributed by atoms with van der Waals surface area (Å²) in [6.45, 7) is 0.407. The van der Waals surface area contributed by atoms with Gasteiger partial charge in [-0.3, -0.25) is 4.79 Å². The van der Waals surface area contributed by atoms with Gasteiger partial charge < -0.3 is 4.90 Å². The molecule has 2 nitrogen and oxygen atoms in total. The standard InChI is InChI=1S/C11H8F3NO/c12-11(13,14)8-3-5-9(6-4-8)15-7-1-2-10(15)16/h1-6H,7H2. The summed E-state index contributed by atoms with van der Waals surface area (Å²) in [6.07, 6.45) is -1.27. The largest absolute Gasteiger partial charge is 0.416 e. The van der Waals surface area contributed by atoms with Crippen molar-refractivity contribution in [2.45, 2.75) is 6.18 Å². The highest BCUT2D eigenvalue weighted by Crippen LogP contribution is 2.30. The van der Waals surface area contributed by atoms with Crippen LogP contribution in [0.5, 0.6) is 0 Å². The van der Waals surface area contributed by atoms with Crippen LogP contribution < -0.4 is 4.90 Å².